The maximum absolute atomic E-state index is 14.3. The van der Waals surface area contributed by atoms with Gasteiger partial charge in [0.15, 0.2) is 17.7 Å². The first-order valence-electron chi connectivity index (χ1n) is 11.3. The van der Waals surface area contributed by atoms with Crippen molar-refractivity contribution in [2.24, 2.45) is 11.7 Å². The van der Waals surface area contributed by atoms with Gasteiger partial charge >= 0.3 is 5.97 Å². The number of ether oxygens (including phenoxy) is 4. The number of methoxy groups -OCH3 is 3. The minimum Gasteiger partial charge on any atom is -0.493 e. The molecule has 3 aliphatic heterocycles. The number of nitrogens with two attached hydrogens (primary N) is 1. The summed E-state index contributed by atoms with van der Waals surface area (Å²) in [6.45, 7) is -0.579. The van der Waals surface area contributed by atoms with Crippen molar-refractivity contribution in [2.75, 3.05) is 32.8 Å². The zero-order valence-corrected chi connectivity index (χ0v) is 20.3. The number of benzene rings is 2. The molecule has 1 amide bonds. The van der Waals surface area contributed by atoms with Crippen molar-refractivity contribution in [1.82, 2.24) is 10.9 Å². The number of aliphatic carboxylic acids is 1. The molecule has 2 aromatic carbocycles. The fourth-order valence-corrected chi connectivity index (χ4v) is 5.71. The Bertz CT molecular complexity index is 1340. The Hall–Kier alpha value is -4.47. The van der Waals surface area contributed by atoms with E-state index in [0.29, 0.717) is 34.1 Å². The van der Waals surface area contributed by atoms with Gasteiger partial charge in [0.05, 0.1) is 33.3 Å². The van der Waals surface area contributed by atoms with E-state index in [2.05, 4.69) is 16.9 Å². The van der Waals surface area contributed by atoms with E-state index < -0.39 is 42.0 Å². The number of carbonyl (C=O) groups is 2. The minimum atomic E-state index is -1.63. The molecule has 3 aliphatic rings. The van der Waals surface area contributed by atoms with Crippen molar-refractivity contribution in [2.45, 2.75) is 17.7 Å². The monoisotopic (exact) mass is 507 g/mol. The highest BCUT2D eigenvalue weighted by atomic mass is 16.5. The number of para-hydroxylation sites is 1. The van der Waals surface area contributed by atoms with Crippen LogP contribution < -0.4 is 35.7 Å². The SMILES string of the molecule is COc1cc(C2NNC3OC(N)=C(C#N)C4(C(=O)N(CC(=O)O)c5ccccc54)C32)cc(OC)c1OC. The van der Waals surface area contributed by atoms with E-state index in [0.717, 1.165) is 0 Å². The van der Waals surface area contributed by atoms with E-state index >= 15 is 0 Å². The molecule has 12 nitrogen and oxygen atoms in total. The Labute approximate surface area is 212 Å². The lowest BCUT2D eigenvalue weighted by molar-refractivity contribution is -0.137. The third-order valence-corrected chi connectivity index (χ3v) is 7.11. The van der Waals surface area contributed by atoms with Gasteiger partial charge in [-0.2, -0.15) is 5.26 Å². The lowest BCUT2D eigenvalue weighted by Crippen LogP contribution is -2.56. The largest absolute Gasteiger partial charge is 0.493 e. The van der Waals surface area contributed by atoms with Gasteiger partial charge in [0.2, 0.25) is 17.5 Å². The number of nitriles is 1. The van der Waals surface area contributed by atoms with Crippen molar-refractivity contribution in [3.8, 4) is 23.3 Å². The van der Waals surface area contributed by atoms with Crippen molar-refractivity contribution in [1.29, 1.82) is 5.26 Å². The molecular weight excluding hydrogens is 482 g/mol. The summed E-state index contributed by atoms with van der Waals surface area (Å²) >= 11 is 0. The van der Waals surface area contributed by atoms with E-state index in [-0.39, 0.29) is 11.5 Å². The predicted octanol–water partition coefficient (Wildman–Crippen LogP) is 0.897. The van der Waals surface area contributed by atoms with Crippen LogP contribution in [0.25, 0.3) is 0 Å². The molecule has 5 N–H and O–H groups in total. The number of fused-ring (bicyclic) bond motifs is 4. The van der Waals surface area contributed by atoms with E-state index in [9.17, 15) is 20.0 Å². The van der Waals surface area contributed by atoms with E-state index in [1.54, 1.807) is 36.4 Å². The van der Waals surface area contributed by atoms with Crippen molar-refractivity contribution in [3.63, 3.8) is 0 Å². The van der Waals surface area contributed by atoms with Crippen LogP contribution in [0, 0.1) is 17.2 Å². The van der Waals surface area contributed by atoms with Gasteiger partial charge in [-0.05, 0) is 29.3 Å². The Balaban J connectivity index is 1.77. The summed E-state index contributed by atoms with van der Waals surface area (Å²) in [6, 6.07) is 11.8. The van der Waals surface area contributed by atoms with Gasteiger partial charge in [-0.3, -0.25) is 14.5 Å². The molecule has 192 valence electrons. The number of carboxylic acid groups (broad SMARTS) is 1. The molecular formula is C25H25N5O7. The Kier molecular flexibility index (Phi) is 5.82. The maximum atomic E-state index is 14.3. The summed E-state index contributed by atoms with van der Waals surface area (Å²) in [5, 5.41) is 19.8. The quantitative estimate of drug-likeness (QED) is 0.438. The molecule has 3 heterocycles. The number of hydrazine groups is 1. The number of anilines is 1. The first-order chi connectivity index (χ1) is 17.8. The molecule has 1 fully saturated rings. The van der Waals surface area contributed by atoms with Crippen LogP contribution in [0.1, 0.15) is 17.2 Å². The van der Waals surface area contributed by atoms with Gasteiger partial charge in [-0.1, -0.05) is 18.2 Å². The normalized spacial score (nSPS) is 25.8. The Morgan fingerprint density at radius 3 is 2.46 bits per heavy atom. The highest BCUT2D eigenvalue weighted by Gasteiger charge is 2.67. The number of hydrogen-bond donors (Lipinski definition) is 4. The number of rotatable bonds is 6. The molecule has 0 bridgehead atoms. The van der Waals surface area contributed by atoms with E-state index in [1.165, 1.54) is 26.2 Å². The smallest absolute Gasteiger partial charge is 0.323 e. The maximum Gasteiger partial charge on any atom is 0.323 e. The molecule has 2 aromatic rings. The molecule has 37 heavy (non-hydrogen) atoms. The summed E-state index contributed by atoms with van der Waals surface area (Å²) in [5.41, 5.74) is 12.2. The third-order valence-electron chi connectivity index (χ3n) is 7.11. The number of carboxylic acids is 1. The zero-order chi connectivity index (χ0) is 26.5. The van der Waals surface area contributed by atoms with Crippen LogP contribution >= 0.6 is 0 Å². The van der Waals surface area contributed by atoms with Gasteiger partial charge in [0, 0.05) is 5.69 Å². The van der Waals surface area contributed by atoms with Crippen LogP contribution in [0.5, 0.6) is 17.2 Å². The highest BCUT2D eigenvalue weighted by molar-refractivity contribution is 6.13. The van der Waals surface area contributed by atoms with Crippen LogP contribution in [-0.2, 0) is 19.7 Å². The van der Waals surface area contributed by atoms with Gasteiger partial charge < -0.3 is 29.8 Å². The van der Waals surface area contributed by atoms with Crippen LogP contribution in [0.15, 0.2) is 47.9 Å². The summed E-state index contributed by atoms with van der Waals surface area (Å²) in [5.74, 6) is -1.54. The average Bonchev–Trinajstić information content (AvgIpc) is 3.42. The summed E-state index contributed by atoms with van der Waals surface area (Å²) < 4.78 is 22.4. The molecule has 1 spiro atoms. The molecule has 1 saturated heterocycles. The Morgan fingerprint density at radius 2 is 1.86 bits per heavy atom. The number of hydrogen-bond acceptors (Lipinski definition) is 10. The van der Waals surface area contributed by atoms with Crippen molar-refractivity contribution >= 4 is 17.6 Å². The summed E-state index contributed by atoms with van der Waals surface area (Å²) in [4.78, 5) is 27.2. The molecule has 12 heteroatoms. The third kappa shape index (κ3) is 3.28. The second kappa shape index (κ2) is 8.88. The standard InChI is InChI=1S/C25H25N5O7/c1-34-16-8-12(9-17(35-2)21(16)36-3)20-19-23(29-28-20)37-22(27)14(10-26)25(19)13-6-4-5-7-15(13)30(24(25)33)11-18(31)32/h4-9,19-20,23,28-29H,11,27H2,1-3H3,(H,31,32). The summed E-state index contributed by atoms with van der Waals surface area (Å²) in [7, 11) is 4.48. The lowest BCUT2D eigenvalue weighted by Gasteiger charge is -2.42. The number of carbonyl (C=O) groups excluding carboxylic acids is 1. The minimum absolute atomic E-state index is 0.0815. The number of amides is 1. The average molecular weight is 508 g/mol. The molecule has 0 aliphatic carbocycles. The van der Waals surface area contributed by atoms with Crippen LogP contribution in [-0.4, -0.2) is 51.1 Å². The Morgan fingerprint density at radius 1 is 1.19 bits per heavy atom. The number of nitrogens with zero attached hydrogens (tertiary/aromatic N) is 2. The number of nitrogens with one attached hydrogen (secondary N) is 2. The van der Waals surface area contributed by atoms with Gasteiger partial charge in [0.1, 0.15) is 23.6 Å². The first kappa shape index (κ1) is 24.2. The molecule has 0 saturated carbocycles. The zero-order valence-electron chi connectivity index (χ0n) is 20.3. The highest BCUT2D eigenvalue weighted by Crippen LogP contribution is 2.58. The van der Waals surface area contributed by atoms with Crippen molar-refractivity contribution < 1.29 is 33.6 Å². The first-order valence-corrected chi connectivity index (χ1v) is 11.3. The van der Waals surface area contributed by atoms with Crippen LogP contribution in [0.4, 0.5) is 5.69 Å². The molecule has 4 atom stereocenters. The fourth-order valence-electron chi connectivity index (χ4n) is 5.71. The van der Waals surface area contributed by atoms with Crippen molar-refractivity contribution in [3.05, 3.63) is 59.0 Å². The van der Waals surface area contributed by atoms with Gasteiger partial charge in [-0.25, -0.2) is 10.9 Å². The topological polar surface area (TPSA) is 168 Å². The lowest BCUT2D eigenvalue weighted by atomic mass is 9.61. The fraction of sp³-hybridized carbons (Fsp3) is 0.320. The van der Waals surface area contributed by atoms with Gasteiger partial charge in [-0.15, -0.1) is 0 Å². The van der Waals surface area contributed by atoms with Crippen LogP contribution in [0.2, 0.25) is 0 Å². The molecule has 0 aromatic heterocycles. The predicted molar refractivity (Wildman–Crippen MR) is 128 cm³/mol. The second-order valence-corrected chi connectivity index (χ2v) is 8.75. The van der Waals surface area contributed by atoms with Crippen LogP contribution in [0.3, 0.4) is 0 Å². The molecule has 0 radical (unpaired) electrons. The van der Waals surface area contributed by atoms with E-state index in [4.69, 9.17) is 24.7 Å². The van der Waals surface area contributed by atoms with Gasteiger partial charge in [0.25, 0.3) is 0 Å². The second-order valence-electron chi connectivity index (χ2n) is 8.75. The summed E-state index contributed by atoms with van der Waals surface area (Å²) in [6.07, 6.45) is -0.831. The molecule has 4 unspecified atom stereocenters. The molecule has 5 rings (SSSR count). The van der Waals surface area contributed by atoms with E-state index in [1.807, 2.05) is 0 Å².